The van der Waals surface area contributed by atoms with Crippen molar-refractivity contribution in [2.75, 3.05) is 5.32 Å². The van der Waals surface area contributed by atoms with Crippen molar-refractivity contribution in [1.82, 2.24) is 4.98 Å². The minimum absolute atomic E-state index is 0.145. The van der Waals surface area contributed by atoms with E-state index in [1.54, 1.807) is 0 Å². The number of aliphatic hydroxyl groups excluding tert-OH is 1. The average molecular weight is 264 g/mol. The van der Waals surface area contributed by atoms with Crippen molar-refractivity contribution in [3.8, 4) is 0 Å². The third kappa shape index (κ3) is 3.11. The van der Waals surface area contributed by atoms with Gasteiger partial charge in [-0.2, -0.15) is 0 Å². The molecule has 0 saturated carbocycles. The van der Waals surface area contributed by atoms with E-state index in [9.17, 15) is 13.6 Å². The molecule has 0 spiro atoms. The average Bonchev–Trinajstić information content (AvgIpc) is 2.43. The fraction of sp³-hybridized carbons (Fsp3) is 0.0769. The van der Waals surface area contributed by atoms with Gasteiger partial charge in [0, 0.05) is 23.5 Å². The molecule has 0 saturated heterocycles. The van der Waals surface area contributed by atoms with Gasteiger partial charge in [-0.05, 0) is 24.3 Å². The number of halogens is 2. The first kappa shape index (κ1) is 13.1. The largest absolute Gasteiger partial charge is 0.390 e. The van der Waals surface area contributed by atoms with E-state index in [1.165, 1.54) is 24.4 Å². The number of carbonyl (C=O) groups excluding carboxylic acids is 1. The maximum Gasteiger partial charge on any atom is 0.255 e. The third-order valence-electron chi connectivity index (χ3n) is 2.42. The van der Waals surface area contributed by atoms with Crippen LogP contribution in [0.4, 0.5) is 14.5 Å². The summed E-state index contributed by atoms with van der Waals surface area (Å²) in [7, 11) is 0. The number of aromatic nitrogens is 1. The molecule has 0 aliphatic carbocycles. The summed E-state index contributed by atoms with van der Waals surface area (Å²) >= 11 is 0. The maximum atomic E-state index is 13.0. The highest BCUT2D eigenvalue weighted by atomic mass is 19.2. The van der Waals surface area contributed by atoms with Gasteiger partial charge in [-0.25, -0.2) is 8.78 Å². The smallest absolute Gasteiger partial charge is 0.255 e. The van der Waals surface area contributed by atoms with E-state index in [4.69, 9.17) is 5.11 Å². The molecule has 19 heavy (non-hydrogen) atoms. The predicted octanol–water partition coefficient (Wildman–Crippen LogP) is 2.10. The van der Waals surface area contributed by atoms with Gasteiger partial charge in [0.25, 0.3) is 5.91 Å². The fourth-order valence-electron chi connectivity index (χ4n) is 1.48. The van der Waals surface area contributed by atoms with Crippen LogP contribution in [0, 0.1) is 11.6 Å². The number of nitrogens with zero attached hydrogens (tertiary/aromatic N) is 1. The SMILES string of the molecule is O=C(Nc1ccc(F)c(F)c1)c1ccnc(CO)c1. The van der Waals surface area contributed by atoms with E-state index in [2.05, 4.69) is 10.3 Å². The lowest BCUT2D eigenvalue weighted by Gasteiger charge is -2.06. The highest BCUT2D eigenvalue weighted by molar-refractivity contribution is 6.04. The zero-order chi connectivity index (χ0) is 13.8. The van der Waals surface area contributed by atoms with E-state index in [-0.39, 0.29) is 17.9 Å². The molecule has 2 aromatic rings. The van der Waals surface area contributed by atoms with Gasteiger partial charge < -0.3 is 10.4 Å². The molecular weight excluding hydrogens is 254 g/mol. The molecule has 0 atom stereocenters. The Hall–Kier alpha value is -2.34. The molecule has 4 nitrogen and oxygen atoms in total. The first-order valence-corrected chi connectivity index (χ1v) is 5.42. The normalized spacial score (nSPS) is 10.3. The van der Waals surface area contributed by atoms with E-state index >= 15 is 0 Å². The first-order chi connectivity index (χ1) is 9.10. The summed E-state index contributed by atoms with van der Waals surface area (Å²) in [5.74, 6) is -2.52. The van der Waals surface area contributed by atoms with Crippen molar-refractivity contribution in [3.63, 3.8) is 0 Å². The van der Waals surface area contributed by atoms with Crippen molar-refractivity contribution < 1.29 is 18.7 Å². The van der Waals surface area contributed by atoms with E-state index in [0.717, 1.165) is 12.1 Å². The van der Waals surface area contributed by atoms with Crippen LogP contribution in [0.2, 0.25) is 0 Å². The van der Waals surface area contributed by atoms with Crippen LogP contribution in [0.3, 0.4) is 0 Å². The third-order valence-corrected chi connectivity index (χ3v) is 2.42. The number of pyridine rings is 1. The van der Waals surface area contributed by atoms with E-state index in [0.29, 0.717) is 5.69 Å². The highest BCUT2D eigenvalue weighted by Crippen LogP contribution is 2.14. The second-order valence-corrected chi connectivity index (χ2v) is 3.78. The van der Waals surface area contributed by atoms with E-state index in [1.807, 2.05) is 0 Å². The molecule has 1 heterocycles. The van der Waals surface area contributed by atoms with Crippen molar-refractivity contribution in [1.29, 1.82) is 0 Å². The van der Waals surface area contributed by atoms with Crippen molar-refractivity contribution in [2.24, 2.45) is 0 Å². The number of carbonyl (C=O) groups is 1. The summed E-state index contributed by atoms with van der Waals surface area (Å²) in [4.78, 5) is 15.7. The summed E-state index contributed by atoms with van der Waals surface area (Å²) in [6, 6.07) is 5.94. The molecule has 0 bridgehead atoms. The number of amides is 1. The quantitative estimate of drug-likeness (QED) is 0.892. The molecule has 2 N–H and O–H groups in total. The zero-order valence-corrected chi connectivity index (χ0v) is 9.73. The number of hydrogen-bond acceptors (Lipinski definition) is 3. The molecule has 2 rings (SSSR count). The molecule has 0 radical (unpaired) electrons. The summed E-state index contributed by atoms with van der Waals surface area (Å²) < 4.78 is 25.7. The van der Waals surface area contributed by atoms with Crippen LogP contribution < -0.4 is 5.32 Å². The van der Waals surface area contributed by atoms with Crippen molar-refractivity contribution >= 4 is 11.6 Å². The van der Waals surface area contributed by atoms with Gasteiger partial charge in [-0.3, -0.25) is 9.78 Å². The van der Waals surface area contributed by atoms with Crippen LogP contribution in [-0.2, 0) is 6.61 Å². The zero-order valence-electron chi connectivity index (χ0n) is 9.73. The van der Waals surface area contributed by atoms with Crippen LogP contribution in [0.15, 0.2) is 36.5 Å². The number of benzene rings is 1. The molecule has 98 valence electrons. The lowest BCUT2D eigenvalue weighted by Crippen LogP contribution is -2.12. The molecule has 0 aliphatic heterocycles. The van der Waals surface area contributed by atoms with Gasteiger partial charge in [0.05, 0.1) is 12.3 Å². The van der Waals surface area contributed by atoms with Crippen LogP contribution >= 0.6 is 0 Å². The molecule has 1 aromatic heterocycles. The Morgan fingerprint density at radius 3 is 2.68 bits per heavy atom. The van der Waals surface area contributed by atoms with Gasteiger partial charge in [0.15, 0.2) is 11.6 Å². The van der Waals surface area contributed by atoms with Gasteiger partial charge >= 0.3 is 0 Å². The number of nitrogens with one attached hydrogen (secondary N) is 1. The predicted molar refractivity (Wildman–Crippen MR) is 64.5 cm³/mol. The van der Waals surface area contributed by atoms with Crippen LogP contribution in [0.25, 0.3) is 0 Å². The molecule has 1 aromatic carbocycles. The first-order valence-electron chi connectivity index (χ1n) is 5.42. The van der Waals surface area contributed by atoms with Crippen molar-refractivity contribution in [2.45, 2.75) is 6.61 Å². The Morgan fingerprint density at radius 2 is 2.00 bits per heavy atom. The van der Waals surface area contributed by atoms with Crippen LogP contribution in [-0.4, -0.2) is 16.0 Å². The van der Waals surface area contributed by atoms with Crippen LogP contribution in [0.1, 0.15) is 16.1 Å². The number of rotatable bonds is 3. The summed E-state index contributed by atoms with van der Waals surface area (Å²) in [6.45, 7) is -0.285. The molecule has 6 heteroatoms. The molecular formula is C13H10F2N2O2. The number of anilines is 1. The molecule has 0 aliphatic rings. The van der Waals surface area contributed by atoms with E-state index < -0.39 is 17.5 Å². The van der Waals surface area contributed by atoms with Gasteiger partial charge in [0.1, 0.15) is 0 Å². The summed E-state index contributed by atoms with van der Waals surface area (Å²) in [5, 5.41) is 11.3. The van der Waals surface area contributed by atoms with Gasteiger partial charge in [0.2, 0.25) is 0 Å². The van der Waals surface area contributed by atoms with Crippen molar-refractivity contribution in [3.05, 3.63) is 59.4 Å². The van der Waals surface area contributed by atoms with Crippen LogP contribution in [0.5, 0.6) is 0 Å². The Kier molecular flexibility index (Phi) is 3.82. The topological polar surface area (TPSA) is 62.2 Å². The summed E-state index contributed by atoms with van der Waals surface area (Å²) in [6.07, 6.45) is 1.38. The number of aliphatic hydroxyl groups is 1. The minimum Gasteiger partial charge on any atom is -0.390 e. The lowest BCUT2D eigenvalue weighted by atomic mass is 10.2. The highest BCUT2D eigenvalue weighted by Gasteiger charge is 2.09. The molecule has 0 unspecified atom stereocenters. The summed E-state index contributed by atoms with van der Waals surface area (Å²) in [5.41, 5.74) is 0.757. The molecule has 1 amide bonds. The second kappa shape index (κ2) is 5.53. The lowest BCUT2D eigenvalue weighted by molar-refractivity contribution is 0.102. The Labute approximate surface area is 107 Å². The fourth-order valence-corrected chi connectivity index (χ4v) is 1.48. The van der Waals surface area contributed by atoms with Gasteiger partial charge in [-0.15, -0.1) is 0 Å². The molecule has 0 fully saturated rings. The minimum atomic E-state index is -1.04. The second-order valence-electron chi connectivity index (χ2n) is 3.78. The Bertz CT molecular complexity index is 617. The monoisotopic (exact) mass is 264 g/mol. The standard InChI is InChI=1S/C13H10F2N2O2/c14-11-2-1-9(6-12(11)15)17-13(19)8-3-4-16-10(5-8)7-18/h1-6,18H,7H2,(H,17,19). The Balaban J connectivity index is 2.18. The maximum absolute atomic E-state index is 13.0. The Morgan fingerprint density at radius 1 is 1.21 bits per heavy atom. The van der Waals surface area contributed by atoms with Gasteiger partial charge in [-0.1, -0.05) is 0 Å². The number of hydrogen-bond donors (Lipinski definition) is 2.